The minimum absolute atomic E-state index is 0.141. The van der Waals surface area contributed by atoms with Crippen molar-refractivity contribution in [3.8, 4) is 0 Å². The van der Waals surface area contributed by atoms with Crippen LogP contribution in [0.1, 0.15) is 6.92 Å². The second-order valence-corrected chi connectivity index (χ2v) is 1.76. The molecular weight excluding hydrogens is 120 g/mol. The Bertz CT molecular complexity index is 174. The highest BCUT2D eigenvalue weighted by atomic mass is 16.3. The molecule has 0 aromatic rings. The lowest BCUT2D eigenvalue weighted by atomic mass is 10.3. The fraction of sp³-hybridized carbons (Fsp3) is 0.400. The number of hydrogen-bond donors (Lipinski definition) is 2. The van der Waals surface area contributed by atoms with E-state index in [0.717, 1.165) is 0 Å². The van der Waals surface area contributed by atoms with Crippen LogP contribution in [0, 0.1) is 0 Å². The van der Waals surface area contributed by atoms with Crippen LogP contribution in [-0.2, 0) is 0 Å². The van der Waals surface area contributed by atoms with Gasteiger partial charge in [0.05, 0.1) is 0 Å². The van der Waals surface area contributed by atoms with E-state index >= 15 is 0 Å². The summed E-state index contributed by atoms with van der Waals surface area (Å²) in [5.74, 6) is -0.141. The zero-order valence-electron chi connectivity index (χ0n) is 4.94. The summed E-state index contributed by atoms with van der Waals surface area (Å²) in [5.41, 5.74) is 0.570. The van der Waals surface area contributed by atoms with Crippen LogP contribution < -0.4 is 5.32 Å². The van der Waals surface area contributed by atoms with Crippen LogP contribution in [0.3, 0.4) is 0 Å². The van der Waals surface area contributed by atoms with Gasteiger partial charge in [0.15, 0.2) is 0 Å². The van der Waals surface area contributed by atoms with E-state index in [4.69, 9.17) is 10.2 Å². The Labute approximate surface area is 52.5 Å². The molecule has 2 N–H and O–H groups in total. The van der Waals surface area contributed by atoms with Crippen molar-refractivity contribution in [2.75, 3.05) is 0 Å². The van der Waals surface area contributed by atoms with Gasteiger partial charge in [0.2, 0.25) is 12.2 Å². The summed E-state index contributed by atoms with van der Waals surface area (Å²) in [5, 5.41) is 21.0. The number of nitrogens with zero attached hydrogens (tertiary/aromatic N) is 2. The lowest BCUT2D eigenvalue weighted by Crippen LogP contribution is -2.22. The van der Waals surface area contributed by atoms with Gasteiger partial charge in [-0.2, -0.15) is 4.99 Å². The lowest BCUT2D eigenvalue weighted by molar-refractivity contribution is 0.155. The molecule has 1 rings (SSSR count). The second-order valence-electron chi connectivity index (χ2n) is 1.76. The fourth-order valence-electron chi connectivity index (χ4n) is 0.481. The van der Waals surface area contributed by atoms with Crippen LogP contribution in [0.25, 0.3) is 0 Å². The van der Waals surface area contributed by atoms with Crippen molar-refractivity contribution >= 4 is 5.90 Å². The van der Waals surface area contributed by atoms with Crippen LogP contribution in [-0.4, -0.2) is 22.5 Å². The third-order valence-corrected chi connectivity index (χ3v) is 0.992. The smallest absolute Gasteiger partial charge is 0.246 e. The summed E-state index contributed by atoms with van der Waals surface area (Å²) in [6, 6.07) is 0. The molecule has 0 spiro atoms. The first-order valence-corrected chi connectivity index (χ1v) is 2.52. The Morgan fingerprint density at radius 1 is 1.67 bits per heavy atom. The summed E-state index contributed by atoms with van der Waals surface area (Å²) in [6.07, 6.45) is 0.265. The summed E-state index contributed by atoms with van der Waals surface area (Å²) in [6.45, 7) is 1.66. The third kappa shape index (κ3) is 1.20. The van der Waals surface area contributed by atoms with Gasteiger partial charge in [-0.25, -0.2) is 5.32 Å². The van der Waals surface area contributed by atoms with E-state index in [1.807, 2.05) is 0 Å². The zero-order chi connectivity index (χ0) is 6.85. The van der Waals surface area contributed by atoms with Gasteiger partial charge >= 0.3 is 0 Å². The third-order valence-electron chi connectivity index (χ3n) is 0.992. The molecule has 4 nitrogen and oxygen atoms in total. The summed E-state index contributed by atoms with van der Waals surface area (Å²) in [4.78, 5) is 3.36. The minimum Gasteiger partial charge on any atom is -0.493 e. The average Bonchev–Trinajstić information content (AvgIpc) is 1.80. The minimum atomic E-state index is -1.12. The first kappa shape index (κ1) is 6.10. The molecule has 1 atom stereocenters. The molecule has 0 aromatic carbocycles. The van der Waals surface area contributed by atoms with Crippen molar-refractivity contribution < 1.29 is 10.2 Å². The Kier molecular flexibility index (Phi) is 1.40. The van der Waals surface area contributed by atoms with Crippen molar-refractivity contribution in [1.82, 2.24) is 5.32 Å². The highest BCUT2D eigenvalue weighted by molar-refractivity contribution is 5.91. The predicted molar refractivity (Wildman–Crippen MR) is 32.0 cm³/mol. The molecule has 1 aliphatic rings. The quantitative estimate of drug-likeness (QED) is 0.470. The van der Waals surface area contributed by atoms with Crippen molar-refractivity contribution in [1.29, 1.82) is 0 Å². The van der Waals surface area contributed by atoms with E-state index in [2.05, 4.69) is 10.3 Å². The average molecular weight is 127 g/mol. The lowest BCUT2D eigenvalue weighted by Gasteiger charge is -2.09. The van der Waals surface area contributed by atoms with Gasteiger partial charge in [0.1, 0.15) is 0 Å². The molecule has 0 saturated carbocycles. The van der Waals surface area contributed by atoms with Crippen molar-refractivity contribution in [3.05, 3.63) is 11.8 Å². The Morgan fingerprint density at radius 3 is 2.78 bits per heavy atom. The molecule has 0 aliphatic carbocycles. The Morgan fingerprint density at radius 2 is 2.33 bits per heavy atom. The van der Waals surface area contributed by atoms with Crippen molar-refractivity contribution in [2.45, 2.75) is 13.3 Å². The van der Waals surface area contributed by atoms with Gasteiger partial charge in [-0.1, -0.05) is 0 Å². The molecule has 0 saturated heterocycles. The number of aliphatic hydroxyl groups excluding tert-OH is 2. The van der Waals surface area contributed by atoms with E-state index in [1.165, 1.54) is 6.20 Å². The van der Waals surface area contributed by atoms with Crippen LogP contribution in [0.5, 0.6) is 0 Å². The van der Waals surface area contributed by atoms with Crippen LogP contribution >= 0.6 is 0 Å². The predicted octanol–water partition coefficient (Wildman–Crippen LogP) is -0.259. The molecule has 9 heavy (non-hydrogen) atoms. The number of aliphatic hydroxyl groups is 2. The maximum Gasteiger partial charge on any atom is 0.246 e. The van der Waals surface area contributed by atoms with E-state index in [1.54, 1.807) is 6.92 Å². The molecule has 0 aromatic heterocycles. The second kappa shape index (κ2) is 2.06. The number of aliphatic imine (C=N–C) groups is 1. The number of rotatable bonds is 0. The highest BCUT2D eigenvalue weighted by Gasteiger charge is 2.09. The first-order chi connectivity index (χ1) is 4.20. The molecule has 1 aliphatic heterocycles. The molecule has 0 fully saturated rings. The monoisotopic (exact) mass is 127 g/mol. The van der Waals surface area contributed by atoms with Crippen molar-refractivity contribution in [2.24, 2.45) is 4.99 Å². The largest absolute Gasteiger partial charge is 0.493 e. The number of hydrogen-bond acceptors (Lipinski definition) is 2. The molecule has 0 bridgehead atoms. The van der Waals surface area contributed by atoms with E-state index < -0.39 is 6.35 Å². The van der Waals surface area contributed by atoms with Gasteiger partial charge in [0, 0.05) is 11.8 Å². The van der Waals surface area contributed by atoms with E-state index in [0.29, 0.717) is 5.57 Å². The van der Waals surface area contributed by atoms with E-state index in [9.17, 15) is 0 Å². The van der Waals surface area contributed by atoms with Gasteiger partial charge in [-0.15, -0.1) is 0 Å². The summed E-state index contributed by atoms with van der Waals surface area (Å²) in [7, 11) is 0. The van der Waals surface area contributed by atoms with Gasteiger partial charge in [-0.05, 0) is 6.92 Å². The molecular formula is C5H7N2O2. The van der Waals surface area contributed by atoms with Gasteiger partial charge < -0.3 is 10.2 Å². The van der Waals surface area contributed by atoms with E-state index in [-0.39, 0.29) is 5.90 Å². The molecule has 1 heterocycles. The van der Waals surface area contributed by atoms with Crippen LogP contribution in [0.2, 0.25) is 0 Å². The maximum atomic E-state index is 8.81. The fourth-order valence-corrected chi connectivity index (χ4v) is 0.481. The molecule has 49 valence electrons. The standard InChI is InChI=1S/C5H7N2O2/c1-3-2-6-5(9)7-4(3)8/h2,5,9H,1H3,(H,7,8). The Balaban J connectivity index is 2.75. The molecule has 1 unspecified atom stereocenters. The molecule has 1 radical (unpaired) electrons. The SMILES string of the molecule is CC1=C[N]C(O)N=C1O. The first-order valence-electron chi connectivity index (χ1n) is 2.52. The maximum absolute atomic E-state index is 8.81. The molecule has 0 amide bonds. The Hall–Kier alpha value is -1.03. The topological polar surface area (TPSA) is 66.9 Å². The zero-order valence-corrected chi connectivity index (χ0v) is 4.94. The van der Waals surface area contributed by atoms with Gasteiger partial charge in [0.25, 0.3) is 0 Å². The highest BCUT2D eigenvalue weighted by Crippen LogP contribution is 2.01. The molecule has 4 heteroatoms. The van der Waals surface area contributed by atoms with Crippen LogP contribution in [0.15, 0.2) is 16.8 Å². The normalized spacial score (nSPS) is 26.2. The summed E-state index contributed by atoms with van der Waals surface area (Å²) < 4.78 is 0. The van der Waals surface area contributed by atoms with Crippen molar-refractivity contribution in [3.63, 3.8) is 0 Å². The summed E-state index contributed by atoms with van der Waals surface area (Å²) >= 11 is 0. The van der Waals surface area contributed by atoms with Gasteiger partial charge in [-0.3, -0.25) is 0 Å². The van der Waals surface area contributed by atoms with Crippen LogP contribution in [0.4, 0.5) is 0 Å².